The van der Waals surface area contributed by atoms with Crippen LogP contribution in [0.1, 0.15) is 66.7 Å². The molecule has 1 N–H and O–H groups in total. The summed E-state index contributed by atoms with van der Waals surface area (Å²) < 4.78 is 48.2. The highest BCUT2D eigenvalue weighted by Gasteiger charge is 2.39. The van der Waals surface area contributed by atoms with Crippen molar-refractivity contribution in [2.45, 2.75) is 73.0 Å². The van der Waals surface area contributed by atoms with Gasteiger partial charge in [-0.2, -0.15) is 0 Å². The van der Waals surface area contributed by atoms with Gasteiger partial charge in [-0.1, -0.05) is 6.92 Å². The number of phenolic OH excluding ortho intramolecular Hbond substituents is 1. The maximum absolute atomic E-state index is 12.9. The van der Waals surface area contributed by atoms with Gasteiger partial charge < -0.3 is 14.6 Å². The number of benzene rings is 1. The van der Waals surface area contributed by atoms with E-state index in [1.165, 1.54) is 12.7 Å². The highest BCUT2D eigenvalue weighted by Crippen LogP contribution is 2.39. The van der Waals surface area contributed by atoms with E-state index in [0.717, 1.165) is 16.0 Å². The number of hydroxylamine groups is 1. The third kappa shape index (κ3) is 6.37. The molecule has 0 spiro atoms. The van der Waals surface area contributed by atoms with Gasteiger partial charge in [0.05, 0.1) is 6.61 Å². The smallest absolute Gasteiger partial charge is 0.492 e. The quantitative estimate of drug-likeness (QED) is 0.243. The van der Waals surface area contributed by atoms with Crippen LogP contribution in [0.5, 0.6) is 5.75 Å². The number of rotatable bonds is 12. The van der Waals surface area contributed by atoms with Crippen molar-refractivity contribution < 1.29 is 42.4 Å². The van der Waals surface area contributed by atoms with Crippen LogP contribution in [-0.4, -0.2) is 47.6 Å². The number of phenols is 1. The van der Waals surface area contributed by atoms with E-state index in [1.807, 2.05) is 13.8 Å². The van der Waals surface area contributed by atoms with Gasteiger partial charge in [0.15, 0.2) is 11.9 Å². The number of ether oxygens (including phenoxy) is 2. The van der Waals surface area contributed by atoms with Crippen LogP contribution in [0.2, 0.25) is 0 Å². The summed E-state index contributed by atoms with van der Waals surface area (Å²) >= 11 is 0. The molecule has 34 heavy (non-hydrogen) atoms. The predicted octanol–water partition coefficient (Wildman–Crippen LogP) is 4.96. The van der Waals surface area contributed by atoms with Crippen molar-refractivity contribution in [2.75, 3.05) is 13.2 Å². The zero-order chi connectivity index (χ0) is 25.6. The van der Waals surface area contributed by atoms with Crippen molar-refractivity contribution in [1.29, 1.82) is 0 Å². The fourth-order valence-corrected chi connectivity index (χ4v) is 5.08. The molecule has 1 aliphatic heterocycles. The zero-order valence-corrected chi connectivity index (χ0v) is 20.9. The molecule has 0 saturated carbocycles. The van der Waals surface area contributed by atoms with E-state index in [2.05, 4.69) is 0 Å². The summed E-state index contributed by atoms with van der Waals surface area (Å²) in [5, 5.41) is 10.8. The van der Waals surface area contributed by atoms with E-state index in [9.17, 15) is 28.0 Å². The first kappa shape index (κ1) is 27.8. The molecule has 0 aliphatic carbocycles. The normalized spacial score (nSPS) is 14.9. The minimum atomic E-state index is -2.81. The molecule has 0 bridgehead atoms. The number of carbonyl (C=O) groups excluding carboxylic acids is 2. The first-order valence-corrected chi connectivity index (χ1v) is 12.3. The molecule has 1 aromatic carbocycles. The third-order valence-electron chi connectivity index (χ3n) is 5.59. The van der Waals surface area contributed by atoms with E-state index >= 15 is 0 Å². The summed E-state index contributed by atoms with van der Waals surface area (Å²) in [5.74, 6) is -0.0676. The average Bonchev–Trinajstić information content (AvgIpc) is 3.17. The number of carbonyl (C=O) groups is 2. The molecule has 0 aromatic heterocycles. The van der Waals surface area contributed by atoms with Crippen molar-refractivity contribution >= 4 is 19.9 Å². The minimum absolute atomic E-state index is 0.0779. The van der Waals surface area contributed by atoms with Crippen LogP contribution in [-0.2, 0) is 43.1 Å². The van der Waals surface area contributed by atoms with E-state index in [0.29, 0.717) is 36.0 Å². The summed E-state index contributed by atoms with van der Waals surface area (Å²) in [7, 11) is -2.49. The van der Waals surface area contributed by atoms with E-state index in [1.54, 1.807) is 13.8 Å². The Balaban J connectivity index is 2.24. The molecule has 0 amide bonds. The Kier molecular flexibility index (Phi) is 10.1. The van der Waals surface area contributed by atoms with Crippen molar-refractivity contribution in [3.8, 4) is 5.75 Å². The lowest BCUT2D eigenvalue weighted by Crippen LogP contribution is -2.36. The molecule has 1 aromatic rings. The molecular formula is C23H31F2NO7P+. The molecule has 1 heterocycles. The summed E-state index contributed by atoms with van der Waals surface area (Å²) in [6.45, 7) is 7.68. The van der Waals surface area contributed by atoms with Crippen molar-refractivity contribution in [3.63, 3.8) is 0 Å². The number of halogens is 2. The Morgan fingerprint density at radius 3 is 2.59 bits per heavy atom. The molecule has 8 nitrogen and oxygen atoms in total. The van der Waals surface area contributed by atoms with Crippen LogP contribution < -0.4 is 0 Å². The number of fused-ring (bicyclic) bond motifs is 1. The van der Waals surface area contributed by atoms with Gasteiger partial charge in [-0.25, -0.2) is 13.6 Å². The lowest BCUT2D eigenvalue weighted by molar-refractivity contribution is -0.173. The molecule has 0 fully saturated rings. The Bertz CT molecular complexity index is 981. The topological polar surface area (TPSA) is 102 Å². The number of cyclic esters (lactones) is 1. The van der Waals surface area contributed by atoms with Crippen LogP contribution in [0.25, 0.3) is 0 Å². The molecule has 188 valence electrons. The molecule has 2 atom stereocenters. The number of hydrogen-bond donors (Lipinski definition) is 1. The largest absolute Gasteiger partial charge is 0.507 e. The summed E-state index contributed by atoms with van der Waals surface area (Å²) in [6, 6.07) is -1.16. The first-order valence-electron chi connectivity index (χ1n) is 11.1. The van der Waals surface area contributed by atoms with Gasteiger partial charge in [-0.05, 0) is 73.8 Å². The molecule has 0 radical (unpaired) electrons. The third-order valence-corrected chi connectivity index (χ3v) is 7.10. The number of aromatic hydroxyl groups is 1. The molecule has 1 aliphatic rings. The van der Waals surface area contributed by atoms with Gasteiger partial charge >= 0.3 is 19.9 Å². The van der Waals surface area contributed by atoms with Crippen LogP contribution in [0.15, 0.2) is 11.4 Å². The standard InChI is InChI=1S/C23H30F2NO7P/c1-6-16-14(4)18-10-32-23(29)20(18)21(27)17(16)9-8-13(3)12-34(30)26(33-11-19(24)25)15(5)22(28)31-7-2/h12,15,19H,6-11H2,1-5H3/p+1/b13-12-/t15-/m0/s1. The molecule has 2 rings (SSSR count). The molecular weight excluding hydrogens is 471 g/mol. The molecule has 11 heteroatoms. The fourth-order valence-electron chi connectivity index (χ4n) is 3.85. The number of alkyl halides is 2. The van der Waals surface area contributed by atoms with Gasteiger partial charge in [0.2, 0.25) is 0 Å². The highest BCUT2D eigenvalue weighted by atomic mass is 31.1. The monoisotopic (exact) mass is 502 g/mol. The summed E-state index contributed by atoms with van der Waals surface area (Å²) in [4.78, 5) is 29.8. The van der Waals surface area contributed by atoms with E-state index in [-0.39, 0.29) is 24.5 Å². The Morgan fingerprint density at radius 1 is 1.32 bits per heavy atom. The summed E-state index contributed by atoms with van der Waals surface area (Å²) in [6.07, 6.45) is -1.45. The number of allylic oxidation sites excluding steroid dienone is 1. The van der Waals surface area contributed by atoms with E-state index in [4.69, 9.17) is 14.3 Å². The lowest BCUT2D eigenvalue weighted by Gasteiger charge is -2.17. The predicted molar refractivity (Wildman–Crippen MR) is 121 cm³/mol. The second-order valence-electron chi connectivity index (χ2n) is 7.91. The van der Waals surface area contributed by atoms with Crippen molar-refractivity contribution in [3.05, 3.63) is 39.2 Å². The Morgan fingerprint density at radius 2 is 2.00 bits per heavy atom. The van der Waals surface area contributed by atoms with Crippen LogP contribution in [0.4, 0.5) is 8.78 Å². The summed E-state index contributed by atoms with van der Waals surface area (Å²) in [5.41, 5.74) is 3.95. The molecule has 1 unspecified atom stereocenters. The number of esters is 2. The SMILES string of the molecule is CCOC(=O)[C@H](C)N(OCC(F)F)[P+](=O)/C=C(/C)CCc1c(O)c2c(c(C)c1CC)COC2=O. The second kappa shape index (κ2) is 12.3. The van der Waals surface area contributed by atoms with Crippen molar-refractivity contribution in [1.82, 2.24) is 4.83 Å². The zero-order valence-electron chi connectivity index (χ0n) is 20.0. The molecule has 0 saturated heterocycles. The maximum atomic E-state index is 12.9. The van der Waals surface area contributed by atoms with Gasteiger partial charge in [-0.15, -0.1) is 0 Å². The van der Waals surface area contributed by atoms with Crippen molar-refractivity contribution in [2.24, 2.45) is 0 Å². The highest BCUT2D eigenvalue weighted by molar-refractivity contribution is 7.45. The van der Waals surface area contributed by atoms with Gasteiger partial charge in [0.25, 0.3) is 6.43 Å². The fraction of sp³-hybridized carbons (Fsp3) is 0.565. The van der Waals surface area contributed by atoms with Gasteiger partial charge in [0.1, 0.15) is 24.5 Å². The average molecular weight is 502 g/mol. The Hall–Kier alpha value is -2.42. The maximum Gasteiger partial charge on any atom is 0.492 e. The first-order chi connectivity index (χ1) is 16.0. The minimum Gasteiger partial charge on any atom is -0.507 e. The number of hydrogen-bond acceptors (Lipinski definition) is 7. The van der Waals surface area contributed by atoms with Crippen LogP contribution in [0, 0.1) is 6.92 Å². The Labute approximate surface area is 198 Å². The van der Waals surface area contributed by atoms with Gasteiger partial charge in [-0.3, -0.25) is 9.63 Å². The van der Waals surface area contributed by atoms with Gasteiger partial charge in [0, 0.05) is 10.4 Å². The second-order valence-corrected chi connectivity index (χ2v) is 9.17. The lowest BCUT2D eigenvalue weighted by atomic mass is 9.88. The number of nitrogens with zero attached hydrogens (tertiary/aromatic N) is 1. The van der Waals surface area contributed by atoms with Crippen LogP contribution >= 0.6 is 7.95 Å². The van der Waals surface area contributed by atoms with Crippen LogP contribution in [0.3, 0.4) is 0 Å². The van der Waals surface area contributed by atoms with E-state index < -0.39 is 39.0 Å².